The molecule has 29 heavy (non-hydrogen) atoms. The predicted octanol–water partition coefficient (Wildman–Crippen LogP) is 3.37. The quantitative estimate of drug-likeness (QED) is 0.468. The number of halogens is 3. The molecule has 1 aliphatic heterocycles. The topological polar surface area (TPSA) is 59.9 Å². The van der Waals surface area contributed by atoms with Gasteiger partial charge >= 0.3 is 6.18 Å². The third-order valence-corrected chi connectivity index (χ3v) is 6.09. The summed E-state index contributed by atoms with van der Waals surface area (Å²) in [5, 5.41) is 17.9. The third kappa shape index (κ3) is 6.58. The summed E-state index contributed by atoms with van der Waals surface area (Å²) < 4.78 is 38.7. The second-order valence-electron chi connectivity index (χ2n) is 7.31. The molecule has 0 aliphatic carbocycles. The number of likely N-dealkylation sites (tertiary alicyclic amines) is 1. The lowest BCUT2D eigenvalue weighted by Gasteiger charge is -2.19. The number of rotatable bonds is 7. The van der Waals surface area contributed by atoms with Crippen LogP contribution in [0.1, 0.15) is 24.3 Å². The molecule has 1 aliphatic rings. The van der Waals surface area contributed by atoms with Crippen molar-refractivity contribution in [3.05, 3.63) is 35.2 Å². The third-order valence-electron chi connectivity index (χ3n) is 4.87. The molecule has 2 atom stereocenters. The van der Waals surface area contributed by atoms with Gasteiger partial charge in [-0.3, -0.25) is 9.89 Å². The van der Waals surface area contributed by atoms with Crippen LogP contribution in [-0.2, 0) is 0 Å². The summed E-state index contributed by atoms with van der Waals surface area (Å²) in [4.78, 5) is 6.77. The number of benzene rings is 1. The Morgan fingerprint density at radius 1 is 1.34 bits per heavy atom. The van der Waals surface area contributed by atoms with E-state index >= 15 is 0 Å². The van der Waals surface area contributed by atoms with Crippen LogP contribution in [-0.4, -0.2) is 61.4 Å². The van der Waals surface area contributed by atoms with Gasteiger partial charge in [0.1, 0.15) is 6.10 Å². The van der Waals surface area contributed by atoms with Crippen molar-refractivity contribution < 1.29 is 18.3 Å². The standard InChI is InChI=1S/C20H27F3N4OS/c1-2-24-19(25-10-14-7-8-27(12-14)13-20(21,22)23)26-11-16(28)18-9-15-5-3-4-6-17(15)29-18/h3-6,9,14,16,28H,2,7-8,10-13H2,1H3,(H2,24,25,26). The van der Waals surface area contributed by atoms with Crippen LogP contribution < -0.4 is 10.6 Å². The van der Waals surface area contributed by atoms with Crippen LogP contribution in [0, 0.1) is 5.92 Å². The van der Waals surface area contributed by atoms with Crippen molar-refractivity contribution in [2.45, 2.75) is 25.6 Å². The van der Waals surface area contributed by atoms with Crippen molar-refractivity contribution >= 4 is 27.4 Å². The van der Waals surface area contributed by atoms with Gasteiger partial charge in [0, 0.05) is 29.2 Å². The molecule has 1 fully saturated rings. The molecule has 3 N–H and O–H groups in total. The molecule has 0 saturated carbocycles. The van der Waals surface area contributed by atoms with Gasteiger partial charge in [0.25, 0.3) is 0 Å². The Morgan fingerprint density at radius 2 is 2.14 bits per heavy atom. The van der Waals surface area contributed by atoms with Gasteiger partial charge in [-0.25, -0.2) is 0 Å². The Kier molecular flexibility index (Phi) is 7.37. The zero-order valence-corrected chi connectivity index (χ0v) is 17.2. The fourth-order valence-electron chi connectivity index (χ4n) is 3.49. The SMILES string of the molecule is CCNC(=NCC(O)c1cc2ccccc2s1)NCC1CCN(CC(F)(F)F)C1. The zero-order valence-electron chi connectivity index (χ0n) is 16.4. The molecule has 2 unspecified atom stereocenters. The maximum atomic E-state index is 12.5. The van der Waals surface area contributed by atoms with E-state index in [0.29, 0.717) is 32.1 Å². The van der Waals surface area contributed by atoms with Crippen molar-refractivity contribution in [2.24, 2.45) is 10.9 Å². The second-order valence-corrected chi connectivity index (χ2v) is 8.42. The maximum Gasteiger partial charge on any atom is 0.401 e. The van der Waals surface area contributed by atoms with Crippen LogP contribution in [0.2, 0.25) is 0 Å². The number of nitrogens with one attached hydrogen (secondary N) is 2. The Morgan fingerprint density at radius 3 is 2.86 bits per heavy atom. The van der Waals surface area contributed by atoms with E-state index in [1.165, 1.54) is 4.90 Å². The minimum atomic E-state index is -4.15. The smallest absolute Gasteiger partial charge is 0.386 e. The lowest BCUT2D eigenvalue weighted by atomic mass is 10.1. The molecular weight excluding hydrogens is 401 g/mol. The highest BCUT2D eigenvalue weighted by Crippen LogP contribution is 2.29. The Hall–Kier alpha value is -1.84. The average molecular weight is 429 g/mol. The predicted molar refractivity (Wildman–Crippen MR) is 111 cm³/mol. The van der Waals surface area contributed by atoms with Crippen LogP contribution in [0.15, 0.2) is 35.3 Å². The van der Waals surface area contributed by atoms with Gasteiger partial charge in [0.15, 0.2) is 5.96 Å². The van der Waals surface area contributed by atoms with Crippen molar-refractivity contribution in [1.82, 2.24) is 15.5 Å². The minimum Gasteiger partial charge on any atom is -0.386 e. The lowest BCUT2D eigenvalue weighted by molar-refractivity contribution is -0.143. The maximum absolute atomic E-state index is 12.5. The first kappa shape index (κ1) is 21.9. The van der Waals surface area contributed by atoms with E-state index in [1.807, 2.05) is 37.3 Å². The first-order valence-electron chi connectivity index (χ1n) is 9.82. The van der Waals surface area contributed by atoms with E-state index in [2.05, 4.69) is 15.6 Å². The number of aliphatic hydroxyl groups is 1. The number of aliphatic imine (C=N–C) groups is 1. The number of guanidine groups is 1. The van der Waals surface area contributed by atoms with Gasteiger partial charge in [-0.2, -0.15) is 13.2 Å². The van der Waals surface area contributed by atoms with Crippen molar-refractivity contribution in [1.29, 1.82) is 0 Å². The van der Waals surface area contributed by atoms with E-state index < -0.39 is 18.8 Å². The second kappa shape index (κ2) is 9.77. The van der Waals surface area contributed by atoms with E-state index in [9.17, 15) is 18.3 Å². The van der Waals surface area contributed by atoms with Gasteiger partial charge in [-0.05, 0) is 43.3 Å². The van der Waals surface area contributed by atoms with Gasteiger partial charge in [0.2, 0.25) is 0 Å². The number of hydrogen-bond acceptors (Lipinski definition) is 4. The van der Waals surface area contributed by atoms with E-state index in [0.717, 1.165) is 21.4 Å². The Balaban J connectivity index is 1.51. The van der Waals surface area contributed by atoms with Crippen LogP contribution in [0.5, 0.6) is 0 Å². The molecule has 9 heteroatoms. The molecule has 0 spiro atoms. The summed E-state index contributed by atoms with van der Waals surface area (Å²) in [5.41, 5.74) is 0. The number of nitrogens with zero attached hydrogens (tertiary/aromatic N) is 2. The number of thiophene rings is 1. The molecule has 5 nitrogen and oxygen atoms in total. The fourth-order valence-corrected chi connectivity index (χ4v) is 4.54. The molecule has 160 valence electrons. The summed E-state index contributed by atoms with van der Waals surface area (Å²) in [5.74, 6) is 0.718. The first-order chi connectivity index (χ1) is 13.8. The molecule has 2 heterocycles. The Labute approximate surface area is 172 Å². The molecule has 3 rings (SSSR count). The van der Waals surface area contributed by atoms with Gasteiger partial charge in [0.05, 0.1) is 13.1 Å². The minimum absolute atomic E-state index is 0.147. The monoisotopic (exact) mass is 428 g/mol. The summed E-state index contributed by atoms with van der Waals surface area (Å²) in [7, 11) is 0. The van der Waals surface area contributed by atoms with Gasteiger partial charge < -0.3 is 15.7 Å². The molecular formula is C20H27F3N4OS. The van der Waals surface area contributed by atoms with Crippen molar-refractivity contribution in [3.63, 3.8) is 0 Å². The number of hydrogen-bond donors (Lipinski definition) is 3. The number of alkyl halides is 3. The highest BCUT2D eigenvalue weighted by molar-refractivity contribution is 7.19. The van der Waals surface area contributed by atoms with Crippen molar-refractivity contribution in [2.75, 3.05) is 39.3 Å². The van der Waals surface area contributed by atoms with E-state index in [4.69, 9.17) is 0 Å². The molecule has 2 aromatic rings. The molecule has 0 bridgehead atoms. The summed E-state index contributed by atoms with van der Waals surface area (Å²) in [6.45, 7) is 3.42. The molecule has 1 aromatic heterocycles. The first-order valence-corrected chi connectivity index (χ1v) is 10.6. The number of aliphatic hydroxyl groups excluding tert-OH is 1. The average Bonchev–Trinajstić information content (AvgIpc) is 3.29. The normalized spacial score (nSPS) is 19.6. The van der Waals surface area contributed by atoms with Crippen molar-refractivity contribution in [3.8, 4) is 0 Å². The van der Waals surface area contributed by atoms with E-state index in [1.54, 1.807) is 11.3 Å². The van der Waals surface area contributed by atoms with Gasteiger partial charge in [-0.1, -0.05) is 18.2 Å². The summed E-state index contributed by atoms with van der Waals surface area (Å²) >= 11 is 1.55. The van der Waals surface area contributed by atoms with Crippen LogP contribution in [0.25, 0.3) is 10.1 Å². The summed E-state index contributed by atoms with van der Waals surface area (Å²) in [6, 6.07) is 9.96. The van der Waals surface area contributed by atoms with Crippen LogP contribution in [0.4, 0.5) is 13.2 Å². The highest BCUT2D eigenvalue weighted by Gasteiger charge is 2.34. The molecule has 1 aromatic carbocycles. The highest BCUT2D eigenvalue weighted by atomic mass is 32.1. The van der Waals surface area contributed by atoms with E-state index in [-0.39, 0.29) is 12.5 Å². The van der Waals surface area contributed by atoms with Crippen LogP contribution in [0.3, 0.4) is 0 Å². The zero-order chi connectivity index (χ0) is 20.9. The molecule has 0 amide bonds. The largest absolute Gasteiger partial charge is 0.401 e. The number of fused-ring (bicyclic) bond motifs is 1. The lowest BCUT2D eigenvalue weighted by Crippen LogP contribution is -2.41. The molecule has 1 saturated heterocycles. The molecule has 0 radical (unpaired) electrons. The Bertz CT molecular complexity index is 790. The van der Waals surface area contributed by atoms with Gasteiger partial charge in [-0.15, -0.1) is 11.3 Å². The summed E-state index contributed by atoms with van der Waals surface area (Å²) in [6.07, 6.45) is -4.12. The van der Waals surface area contributed by atoms with Crippen LogP contribution >= 0.6 is 11.3 Å². The fraction of sp³-hybridized carbons (Fsp3) is 0.550.